The largest absolute Gasteiger partial charge is 0.244 e. The van der Waals surface area contributed by atoms with E-state index >= 15 is 0 Å². The minimum absolute atomic E-state index is 0.0137. The Morgan fingerprint density at radius 2 is 2.05 bits per heavy atom. The predicted octanol–water partition coefficient (Wildman–Crippen LogP) is 2.14. The van der Waals surface area contributed by atoms with E-state index in [1.807, 2.05) is 19.1 Å². The predicted molar refractivity (Wildman–Crippen MR) is 70.8 cm³/mol. The average Bonchev–Trinajstić information content (AvgIpc) is 2.38. The quantitative estimate of drug-likeness (QED) is 0.779. The molecule has 0 amide bonds. The van der Waals surface area contributed by atoms with E-state index in [9.17, 15) is 8.42 Å². The number of halogens is 1. The van der Waals surface area contributed by atoms with Gasteiger partial charge in [-0.1, -0.05) is 18.5 Å². The molecule has 0 aliphatic rings. The molecule has 0 unspecified atom stereocenters. The van der Waals surface area contributed by atoms with Crippen LogP contribution in [-0.2, 0) is 10.0 Å². The Morgan fingerprint density at radius 1 is 1.37 bits per heavy atom. The summed E-state index contributed by atoms with van der Waals surface area (Å²) in [6.45, 7) is 1.87. The summed E-state index contributed by atoms with van der Waals surface area (Å²) in [6.07, 6.45) is 0.602. The highest BCUT2D eigenvalue weighted by Crippen LogP contribution is 2.22. The molecule has 0 saturated heterocycles. The van der Waals surface area contributed by atoms with E-state index in [1.54, 1.807) is 0 Å². The monoisotopic (exact) mass is 297 g/mol. The molecule has 0 atom stereocenters. The van der Waals surface area contributed by atoms with Crippen LogP contribution in [0, 0.1) is 22.7 Å². The van der Waals surface area contributed by atoms with Gasteiger partial charge in [0.15, 0.2) is 0 Å². The van der Waals surface area contributed by atoms with E-state index in [-0.39, 0.29) is 28.6 Å². The lowest BCUT2D eigenvalue weighted by atomic mass is 10.2. The first-order chi connectivity index (χ1) is 8.97. The lowest BCUT2D eigenvalue weighted by molar-refractivity contribution is 0.444. The molecule has 1 rings (SSSR count). The van der Waals surface area contributed by atoms with Crippen LogP contribution in [0.15, 0.2) is 23.1 Å². The summed E-state index contributed by atoms with van der Waals surface area (Å²) in [5.41, 5.74) is 0.211. The van der Waals surface area contributed by atoms with Crippen molar-refractivity contribution in [3.8, 4) is 12.1 Å². The molecule has 5 nitrogen and oxygen atoms in total. The molecule has 0 bridgehead atoms. The molecule has 0 aliphatic heterocycles. The van der Waals surface area contributed by atoms with E-state index in [1.165, 1.54) is 18.2 Å². The van der Waals surface area contributed by atoms with Crippen molar-refractivity contribution in [2.75, 3.05) is 13.1 Å². The van der Waals surface area contributed by atoms with Crippen molar-refractivity contribution in [2.24, 2.45) is 0 Å². The Morgan fingerprint density at radius 3 is 2.53 bits per heavy atom. The Bertz CT molecular complexity index is 644. The maximum absolute atomic E-state index is 12.3. The van der Waals surface area contributed by atoms with Crippen LogP contribution in [-0.4, -0.2) is 25.8 Å². The molecule has 100 valence electrons. The van der Waals surface area contributed by atoms with Crippen LogP contribution in [0.2, 0.25) is 5.02 Å². The highest BCUT2D eigenvalue weighted by molar-refractivity contribution is 7.89. The van der Waals surface area contributed by atoms with Gasteiger partial charge in [0.2, 0.25) is 10.0 Å². The SMILES string of the molecule is CCCN(CC#N)S(=O)(=O)c1ccc(C#N)c(Cl)c1. The highest BCUT2D eigenvalue weighted by atomic mass is 35.5. The second-order valence-electron chi connectivity index (χ2n) is 3.75. The third kappa shape index (κ3) is 3.45. The van der Waals surface area contributed by atoms with Crippen LogP contribution in [0.5, 0.6) is 0 Å². The molecule has 0 heterocycles. The third-order valence-electron chi connectivity index (χ3n) is 2.42. The fraction of sp³-hybridized carbons (Fsp3) is 0.333. The summed E-state index contributed by atoms with van der Waals surface area (Å²) in [4.78, 5) is -0.0137. The van der Waals surface area contributed by atoms with Crippen LogP contribution in [0.1, 0.15) is 18.9 Å². The van der Waals surface area contributed by atoms with Gasteiger partial charge in [-0.15, -0.1) is 0 Å². The van der Waals surface area contributed by atoms with Gasteiger partial charge in [0.25, 0.3) is 0 Å². The molecule has 0 radical (unpaired) electrons. The van der Waals surface area contributed by atoms with E-state index in [0.29, 0.717) is 6.42 Å². The second-order valence-corrected chi connectivity index (χ2v) is 6.10. The number of nitrogens with zero attached hydrogens (tertiary/aromatic N) is 3. The molecule has 0 fully saturated rings. The van der Waals surface area contributed by atoms with Crippen LogP contribution in [0.3, 0.4) is 0 Å². The van der Waals surface area contributed by atoms with Gasteiger partial charge in [-0.2, -0.15) is 14.8 Å². The summed E-state index contributed by atoms with van der Waals surface area (Å²) >= 11 is 5.82. The molecule has 0 aliphatic carbocycles. The van der Waals surface area contributed by atoms with Crippen molar-refractivity contribution in [3.05, 3.63) is 28.8 Å². The number of nitriles is 2. The summed E-state index contributed by atoms with van der Waals surface area (Å²) in [5, 5.41) is 17.5. The van der Waals surface area contributed by atoms with Crippen LogP contribution >= 0.6 is 11.6 Å². The summed E-state index contributed by atoms with van der Waals surface area (Å²) < 4.78 is 25.7. The lowest BCUT2D eigenvalue weighted by Gasteiger charge is -2.18. The molecule has 7 heteroatoms. The van der Waals surface area contributed by atoms with Crippen LogP contribution in [0.4, 0.5) is 0 Å². The second kappa shape index (κ2) is 6.53. The van der Waals surface area contributed by atoms with E-state index < -0.39 is 10.0 Å². The minimum atomic E-state index is -3.76. The Labute approximate surface area is 117 Å². The van der Waals surface area contributed by atoms with E-state index in [2.05, 4.69) is 0 Å². The topological polar surface area (TPSA) is 85.0 Å². The molecule has 19 heavy (non-hydrogen) atoms. The summed E-state index contributed by atoms with van der Waals surface area (Å²) in [5.74, 6) is 0. The first-order valence-corrected chi connectivity index (χ1v) is 7.36. The first-order valence-electron chi connectivity index (χ1n) is 5.54. The number of hydrogen-bond donors (Lipinski definition) is 0. The summed E-state index contributed by atoms with van der Waals surface area (Å²) in [7, 11) is -3.76. The molecule has 0 aromatic heterocycles. The molecular weight excluding hydrogens is 286 g/mol. The number of sulfonamides is 1. The van der Waals surface area contributed by atoms with E-state index in [4.69, 9.17) is 22.1 Å². The van der Waals surface area contributed by atoms with Crippen molar-refractivity contribution in [3.63, 3.8) is 0 Å². The minimum Gasteiger partial charge on any atom is -0.207 e. The summed E-state index contributed by atoms with van der Waals surface area (Å²) in [6, 6.07) is 7.59. The van der Waals surface area contributed by atoms with Crippen molar-refractivity contribution in [1.82, 2.24) is 4.31 Å². The zero-order valence-corrected chi connectivity index (χ0v) is 11.9. The van der Waals surface area contributed by atoms with Gasteiger partial charge >= 0.3 is 0 Å². The Hall–Kier alpha value is -1.60. The van der Waals surface area contributed by atoms with Gasteiger partial charge in [-0.25, -0.2) is 8.42 Å². The van der Waals surface area contributed by atoms with Crippen molar-refractivity contribution in [1.29, 1.82) is 10.5 Å². The smallest absolute Gasteiger partial charge is 0.207 e. The molecular formula is C12H12ClN3O2S. The molecule has 0 spiro atoms. The maximum Gasteiger partial charge on any atom is 0.244 e. The number of hydrogen-bond acceptors (Lipinski definition) is 4. The zero-order chi connectivity index (χ0) is 14.5. The fourth-order valence-corrected chi connectivity index (χ4v) is 3.25. The van der Waals surface area contributed by atoms with Crippen molar-refractivity contribution < 1.29 is 8.42 Å². The third-order valence-corrected chi connectivity index (χ3v) is 4.57. The Balaban J connectivity index is 3.23. The van der Waals surface area contributed by atoms with Crippen molar-refractivity contribution in [2.45, 2.75) is 18.2 Å². The lowest BCUT2D eigenvalue weighted by Crippen LogP contribution is -2.32. The fourth-order valence-electron chi connectivity index (χ4n) is 1.51. The highest BCUT2D eigenvalue weighted by Gasteiger charge is 2.24. The first kappa shape index (κ1) is 15.5. The van der Waals surface area contributed by atoms with Gasteiger partial charge in [-0.3, -0.25) is 0 Å². The molecule has 0 N–H and O–H groups in total. The van der Waals surface area contributed by atoms with Gasteiger partial charge in [-0.05, 0) is 24.6 Å². The Kier molecular flexibility index (Phi) is 5.31. The number of benzene rings is 1. The zero-order valence-electron chi connectivity index (χ0n) is 10.3. The molecule has 1 aromatic rings. The average molecular weight is 298 g/mol. The van der Waals surface area contributed by atoms with Gasteiger partial charge in [0.05, 0.1) is 21.6 Å². The maximum atomic E-state index is 12.3. The van der Waals surface area contributed by atoms with Gasteiger partial charge in [0.1, 0.15) is 12.6 Å². The van der Waals surface area contributed by atoms with Crippen molar-refractivity contribution >= 4 is 21.6 Å². The van der Waals surface area contributed by atoms with Gasteiger partial charge in [0, 0.05) is 6.54 Å². The molecule has 1 aromatic carbocycles. The molecule has 0 saturated carbocycles. The standard InChI is InChI=1S/C12H12ClN3O2S/c1-2-6-16(7-5-14)19(17,18)11-4-3-10(9-15)12(13)8-11/h3-4,8H,2,6-7H2,1H3. The van der Waals surface area contributed by atoms with Crippen LogP contribution < -0.4 is 0 Å². The van der Waals surface area contributed by atoms with Crippen LogP contribution in [0.25, 0.3) is 0 Å². The van der Waals surface area contributed by atoms with E-state index in [0.717, 1.165) is 4.31 Å². The number of rotatable bonds is 5. The normalized spacial score (nSPS) is 11.0. The van der Waals surface area contributed by atoms with Gasteiger partial charge < -0.3 is 0 Å².